The maximum absolute atomic E-state index is 11.7. The number of alkyl halides is 3. The molecule has 1 aliphatic heterocycles. The first-order chi connectivity index (χ1) is 4.91. The zero-order valence-electron chi connectivity index (χ0n) is 5.73. The average molecular weight is 188 g/mol. The fourth-order valence-electron chi connectivity index (χ4n) is 0.999. The summed E-state index contributed by atoms with van der Waals surface area (Å²) in [5.41, 5.74) is 0. The van der Waals surface area contributed by atoms with Crippen molar-refractivity contribution in [3.63, 3.8) is 0 Å². The molecule has 1 aliphatic rings. The van der Waals surface area contributed by atoms with Gasteiger partial charge in [-0.15, -0.1) is 0 Å². The van der Waals surface area contributed by atoms with Gasteiger partial charge in [0.05, 0.1) is 6.61 Å². The van der Waals surface area contributed by atoms with Crippen molar-refractivity contribution in [2.75, 3.05) is 18.9 Å². The van der Waals surface area contributed by atoms with E-state index in [9.17, 15) is 17.7 Å². The van der Waals surface area contributed by atoms with Crippen LogP contribution in [0.15, 0.2) is 0 Å². The van der Waals surface area contributed by atoms with Gasteiger partial charge in [-0.1, -0.05) is 0 Å². The van der Waals surface area contributed by atoms with Gasteiger partial charge in [0.15, 0.2) is 0 Å². The molecule has 1 rings (SSSR count). The van der Waals surface area contributed by atoms with Gasteiger partial charge in [-0.3, -0.25) is 4.57 Å². The highest BCUT2D eigenvalue weighted by Crippen LogP contribution is 2.54. The molecule has 1 saturated heterocycles. The summed E-state index contributed by atoms with van der Waals surface area (Å²) in [5, 5.41) is 0. The van der Waals surface area contributed by atoms with E-state index in [0.29, 0.717) is 6.42 Å². The lowest BCUT2D eigenvalue weighted by Gasteiger charge is -2.12. The Kier molecular flexibility index (Phi) is 2.30. The Morgan fingerprint density at radius 3 is 2.45 bits per heavy atom. The number of rotatable bonds is 1. The zero-order valence-corrected chi connectivity index (χ0v) is 6.62. The third-order valence-corrected chi connectivity index (χ3v) is 3.88. The molecule has 6 heteroatoms. The lowest BCUT2D eigenvalue weighted by atomic mass is 10.5. The maximum atomic E-state index is 11.7. The second-order valence-electron chi connectivity index (χ2n) is 2.50. The van der Waals surface area contributed by atoms with E-state index in [1.165, 1.54) is 0 Å². The molecular formula is C5H8F3O2P. The number of halogens is 3. The van der Waals surface area contributed by atoms with Gasteiger partial charge in [0.1, 0.15) is 6.16 Å². The van der Waals surface area contributed by atoms with Crippen molar-refractivity contribution in [1.29, 1.82) is 0 Å². The Labute approximate surface area is 62.2 Å². The molecular weight excluding hydrogens is 180 g/mol. The Morgan fingerprint density at radius 2 is 2.09 bits per heavy atom. The summed E-state index contributed by atoms with van der Waals surface area (Å²) in [7, 11) is -3.32. The summed E-state index contributed by atoms with van der Waals surface area (Å²) in [5.74, 6) is 0. The molecule has 0 amide bonds. The van der Waals surface area contributed by atoms with Gasteiger partial charge in [0.2, 0.25) is 7.37 Å². The van der Waals surface area contributed by atoms with E-state index in [1.807, 2.05) is 0 Å². The van der Waals surface area contributed by atoms with E-state index < -0.39 is 19.7 Å². The van der Waals surface area contributed by atoms with Crippen LogP contribution in [-0.2, 0) is 9.09 Å². The van der Waals surface area contributed by atoms with Crippen LogP contribution >= 0.6 is 7.37 Å². The van der Waals surface area contributed by atoms with Gasteiger partial charge >= 0.3 is 6.18 Å². The minimum absolute atomic E-state index is 0.0759. The largest absolute Gasteiger partial charge is 0.397 e. The standard InChI is InChI=1S/C5H8F3O2P/c6-5(7,8)4-11(9)3-1-2-10-11/h1-4H2. The summed E-state index contributed by atoms with van der Waals surface area (Å²) in [4.78, 5) is 0. The zero-order chi connectivity index (χ0) is 8.54. The first-order valence-electron chi connectivity index (χ1n) is 3.21. The molecule has 2 nitrogen and oxygen atoms in total. The normalized spacial score (nSPS) is 32.6. The summed E-state index contributed by atoms with van der Waals surface area (Å²) < 4.78 is 50.7. The predicted octanol–water partition coefficient (Wildman–Crippen LogP) is 2.25. The predicted molar refractivity (Wildman–Crippen MR) is 34.0 cm³/mol. The van der Waals surface area contributed by atoms with E-state index in [2.05, 4.69) is 4.52 Å². The first-order valence-corrected chi connectivity index (χ1v) is 5.20. The third kappa shape index (κ3) is 2.83. The maximum Gasteiger partial charge on any atom is 0.397 e. The van der Waals surface area contributed by atoms with Crippen molar-refractivity contribution in [2.45, 2.75) is 12.6 Å². The molecule has 1 fully saturated rings. The SMILES string of the molecule is O=P1(CC(F)(F)F)CCCO1. The van der Waals surface area contributed by atoms with Crippen molar-refractivity contribution in [2.24, 2.45) is 0 Å². The molecule has 1 unspecified atom stereocenters. The van der Waals surface area contributed by atoms with E-state index in [4.69, 9.17) is 0 Å². The van der Waals surface area contributed by atoms with Crippen LogP contribution < -0.4 is 0 Å². The monoisotopic (exact) mass is 188 g/mol. The summed E-state index contributed by atoms with van der Waals surface area (Å²) in [6.45, 7) is 0.202. The minimum atomic E-state index is -4.36. The van der Waals surface area contributed by atoms with E-state index in [0.717, 1.165) is 0 Å². The molecule has 1 atom stereocenters. The van der Waals surface area contributed by atoms with Gasteiger partial charge in [0, 0.05) is 6.16 Å². The molecule has 0 spiro atoms. The van der Waals surface area contributed by atoms with Crippen LogP contribution in [-0.4, -0.2) is 25.1 Å². The van der Waals surface area contributed by atoms with E-state index >= 15 is 0 Å². The van der Waals surface area contributed by atoms with Crippen molar-refractivity contribution in [3.05, 3.63) is 0 Å². The van der Waals surface area contributed by atoms with Gasteiger partial charge in [-0.2, -0.15) is 13.2 Å². The molecule has 0 aliphatic carbocycles. The molecule has 0 N–H and O–H groups in total. The molecule has 1 heterocycles. The van der Waals surface area contributed by atoms with Gasteiger partial charge in [-0.25, -0.2) is 0 Å². The highest BCUT2D eigenvalue weighted by Gasteiger charge is 2.41. The van der Waals surface area contributed by atoms with Crippen LogP contribution in [0, 0.1) is 0 Å². The topological polar surface area (TPSA) is 26.3 Å². The third-order valence-electron chi connectivity index (χ3n) is 1.39. The van der Waals surface area contributed by atoms with Gasteiger partial charge in [0.25, 0.3) is 0 Å². The molecule has 11 heavy (non-hydrogen) atoms. The van der Waals surface area contributed by atoms with Crippen LogP contribution in [0.1, 0.15) is 6.42 Å². The quantitative estimate of drug-likeness (QED) is 0.590. The fourth-order valence-corrected chi connectivity index (χ4v) is 3.00. The molecule has 66 valence electrons. The van der Waals surface area contributed by atoms with Gasteiger partial charge < -0.3 is 4.52 Å². The highest BCUT2D eigenvalue weighted by atomic mass is 31.2. The van der Waals surface area contributed by atoms with Crippen LogP contribution in [0.5, 0.6) is 0 Å². The Bertz CT molecular complexity index is 179. The van der Waals surface area contributed by atoms with Crippen LogP contribution in [0.2, 0.25) is 0 Å². The molecule has 0 aromatic heterocycles. The average Bonchev–Trinajstić information content (AvgIpc) is 2.09. The van der Waals surface area contributed by atoms with E-state index in [-0.39, 0.29) is 12.8 Å². The first kappa shape index (κ1) is 9.07. The fraction of sp³-hybridized carbons (Fsp3) is 1.00. The lowest BCUT2D eigenvalue weighted by molar-refractivity contribution is -0.108. The smallest absolute Gasteiger partial charge is 0.328 e. The van der Waals surface area contributed by atoms with Crippen molar-refractivity contribution >= 4 is 7.37 Å². The second-order valence-corrected chi connectivity index (χ2v) is 5.15. The number of hydrogen-bond acceptors (Lipinski definition) is 2. The van der Waals surface area contributed by atoms with Gasteiger partial charge in [-0.05, 0) is 6.42 Å². The Hall–Kier alpha value is -0.0200. The summed E-state index contributed by atoms with van der Waals surface area (Å²) in [6, 6.07) is 0. The molecule has 0 aromatic carbocycles. The molecule has 0 bridgehead atoms. The summed E-state index contributed by atoms with van der Waals surface area (Å²) in [6.07, 6.45) is -5.07. The van der Waals surface area contributed by atoms with Crippen molar-refractivity contribution < 1.29 is 22.3 Å². The Morgan fingerprint density at radius 1 is 1.45 bits per heavy atom. The van der Waals surface area contributed by atoms with Crippen LogP contribution in [0.3, 0.4) is 0 Å². The van der Waals surface area contributed by atoms with Crippen molar-refractivity contribution in [1.82, 2.24) is 0 Å². The molecule has 0 radical (unpaired) electrons. The van der Waals surface area contributed by atoms with Crippen molar-refractivity contribution in [3.8, 4) is 0 Å². The van der Waals surface area contributed by atoms with Crippen LogP contribution in [0.4, 0.5) is 13.2 Å². The summed E-state index contributed by atoms with van der Waals surface area (Å²) >= 11 is 0. The highest BCUT2D eigenvalue weighted by molar-refractivity contribution is 7.59. The minimum Gasteiger partial charge on any atom is -0.328 e. The van der Waals surface area contributed by atoms with E-state index in [1.54, 1.807) is 0 Å². The lowest BCUT2D eigenvalue weighted by Crippen LogP contribution is -2.14. The number of hydrogen-bond donors (Lipinski definition) is 0. The molecule has 0 aromatic rings. The molecule has 0 saturated carbocycles. The second kappa shape index (κ2) is 2.79. The Balaban J connectivity index is 2.54. The van der Waals surface area contributed by atoms with Crippen LogP contribution in [0.25, 0.3) is 0 Å².